The third-order valence-electron chi connectivity index (χ3n) is 1.40. The van der Waals surface area contributed by atoms with Crippen LogP contribution >= 0.6 is 10.0 Å². The van der Waals surface area contributed by atoms with Gasteiger partial charge < -0.3 is 5.32 Å². The molecule has 0 rings (SSSR count). The van der Waals surface area contributed by atoms with Crippen molar-refractivity contribution in [3.05, 3.63) is 35.9 Å². The Labute approximate surface area is 77.6 Å². The highest BCUT2D eigenvalue weighted by atomic mass is 32.3. The van der Waals surface area contributed by atoms with Crippen LogP contribution in [0.25, 0.3) is 0 Å². The van der Waals surface area contributed by atoms with E-state index in [2.05, 4.69) is 42.8 Å². The maximum Gasteiger partial charge on any atom is 0.00277 e. The van der Waals surface area contributed by atoms with Gasteiger partial charge in [0.25, 0.3) is 0 Å². The van der Waals surface area contributed by atoms with Gasteiger partial charge in [-0.25, -0.2) is 10.0 Å². The molecule has 0 aliphatic carbocycles. The van der Waals surface area contributed by atoms with Crippen molar-refractivity contribution in [1.29, 1.82) is 0 Å². The molecule has 0 aromatic rings. The zero-order chi connectivity index (χ0) is 9.61. The Hall–Kier alpha value is -0.630. The second-order valence-corrected chi connectivity index (χ2v) is 7.41. The summed E-state index contributed by atoms with van der Waals surface area (Å²) in [6.07, 6.45) is 14.8. The minimum absolute atomic E-state index is 0.636. The average molecular weight is 185 g/mol. The molecule has 0 aromatic carbocycles. The molecule has 0 aliphatic heterocycles. The SMILES string of the molecule is C=C/C=C(\C=C/NC)S(C)(C)C. The van der Waals surface area contributed by atoms with E-state index in [1.807, 2.05) is 19.3 Å². The molecule has 0 heterocycles. The summed E-state index contributed by atoms with van der Waals surface area (Å²) in [4.78, 5) is 1.35. The van der Waals surface area contributed by atoms with E-state index in [1.165, 1.54) is 4.91 Å². The van der Waals surface area contributed by atoms with Crippen molar-refractivity contribution in [1.82, 2.24) is 5.32 Å². The molecule has 12 heavy (non-hydrogen) atoms. The molecule has 70 valence electrons. The average Bonchev–Trinajstić information content (AvgIpc) is 1.95. The first-order valence-corrected chi connectivity index (χ1v) is 6.73. The zero-order valence-electron chi connectivity index (χ0n) is 8.42. The minimum Gasteiger partial charge on any atom is -0.394 e. The van der Waals surface area contributed by atoms with Gasteiger partial charge in [0, 0.05) is 7.05 Å². The van der Waals surface area contributed by atoms with Crippen LogP contribution in [0.1, 0.15) is 0 Å². The van der Waals surface area contributed by atoms with Crippen LogP contribution in [0, 0.1) is 0 Å². The van der Waals surface area contributed by atoms with Crippen LogP contribution in [0.4, 0.5) is 0 Å². The van der Waals surface area contributed by atoms with E-state index in [4.69, 9.17) is 0 Å². The van der Waals surface area contributed by atoms with Crippen LogP contribution in [0.15, 0.2) is 35.9 Å². The largest absolute Gasteiger partial charge is 0.394 e. The van der Waals surface area contributed by atoms with Gasteiger partial charge in [0.2, 0.25) is 0 Å². The van der Waals surface area contributed by atoms with Gasteiger partial charge in [0.05, 0.1) is 0 Å². The summed E-state index contributed by atoms with van der Waals surface area (Å²) >= 11 is 0. The maximum absolute atomic E-state index is 3.70. The van der Waals surface area contributed by atoms with Crippen molar-refractivity contribution >= 4 is 10.0 Å². The third-order valence-corrected chi connectivity index (χ3v) is 3.09. The second kappa shape index (κ2) is 5.09. The molecule has 0 bridgehead atoms. The summed E-state index contributed by atoms with van der Waals surface area (Å²) in [6.45, 7) is 3.70. The monoisotopic (exact) mass is 185 g/mol. The van der Waals surface area contributed by atoms with Crippen molar-refractivity contribution in [2.45, 2.75) is 0 Å². The summed E-state index contributed by atoms with van der Waals surface area (Å²) in [5, 5.41) is 2.99. The zero-order valence-corrected chi connectivity index (χ0v) is 9.24. The van der Waals surface area contributed by atoms with Crippen molar-refractivity contribution < 1.29 is 0 Å². The molecule has 0 aliphatic rings. The van der Waals surface area contributed by atoms with Crippen LogP contribution in [-0.4, -0.2) is 25.8 Å². The van der Waals surface area contributed by atoms with Crippen molar-refractivity contribution in [2.24, 2.45) is 0 Å². The number of hydrogen-bond acceptors (Lipinski definition) is 1. The second-order valence-electron chi connectivity index (χ2n) is 3.26. The molecule has 0 saturated carbocycles. The fraction of sp³-hybridized carbons (Fsp3) is 0.400. The van der Waals surface area contributed by atoms with Crippen LogP contribution in [0.3, 0.4) is 0 Å². The highest BCUT2D eigenvalue weighted by molar-refractivity contribution is 8.35. The van der Waals surface area contributed by atoms with E-state index in [1.54, 1.807) is 0 Å². The van der Waals surface area contributed by atoms with Crippen LogP contribution in [0.2, 0.25) is 0 Å². The Morgan fingerprint density at radius 3 is 2.25 bits per heavy atom. The van der Waals surface area contributed by atoms with E-state index in [9.17, 15) is 0 Å². The molecule has 0 radical (unpaired) electrons. The molecule has 1 N–H and O–H groups in total. The lowest BCUT2D eigenvalue weighted by Crippen LogP contribution is -1.97. The molecular formula is C10H19NS. The van der Waals surface area contributed by atoms with Crippen LogP contribution < -0.4 is 5.32 Å². The third kappa shape index (κ3) is 4.29. The molecule has 0 atom stereocenters. The smallest absolute Gasteiger partial charge is 0.00277 e. The first-order valence-electron chi connectivity index (χ1n) is 3.87. The number of allylic oxidation sites excluding steroid dienone is 3. The quantitative estimate of drug-likeness (QED) is 0.664. The summed E-state index contributed by atoms with van der Waals surface area (Å²) < 4.78 is 0. The Kier molecular flexibility index (Phi) is 4.83. The Bertz CT molecular complexity index is 196. The standard InChI is InChI=1S/C10H19NS/c1-6-7-10(8-9-11-2)12(3,4)5/h6-9,11H,1H2,2-5H3/b9-8-,10-7+. The first kappa shape index (κ1) is 11.4. The van der Waals surface area contributed by atoms with Gasteiger partial charge in [-0.1, -0.05) is 18.7 Å². The molecular weight excluding hydrogens is 166 g/mol. The maximum atomic E-state index is 3.70. The van der Waals surface area contributed by atoms with Gasteiger partial charge in [0.1, 0.15) is 0 Å². The lowest BCUT2D eigenvalue weighted by molar-refractivity contribution is 1.10. The lowest BCUT2D eigenvalue weighted by atomic mass is 10.4. The van der Waals surface area contributed by atoms with E-state index in [0.717, 1.165) is 0 Å². The minimum atomic E-state index is -0.636. The summed E-state index contributed by atoms with van der Waals surface area (Å²) in [5.74, 6) is 0. The molecule has 0 saturated heterocycles. The molecule has 1 nitrogen and oxygen atoms in total. The molecule has 0 unspecified atom stereocenters. The van der Waals surface area contributed by atoms with Gasteiger partial charge in [-0.15, -0.1) is 0 Å². The molecule has 2 heteroatoms. The van der Waals surface area contributed by atoms with Gasteiger partial charge in [-0.2, -0.15) is 0 Å². The fourth-order valence-electron chi connectivity index (χ4n) is 0.745. The molecule has 0 amide bonds. The first-order chi connectivity index (χ1) is 5.52. The fourth-order valence-corrected chi connectivity index (χ4v) is 1.73. The van der Waals surface area contributed by atoms with E-state index in [-0.39, 0.29) is 0 Å². The molecule has 0 spiro atoms. The predicted molar refractivity (Wildman–Crippen MR) is 61.8 cm³/mol. The Morgan fingerprint density at radius 1 is 1.33 bits per heavy atom. The van der Waals surface area contributed by atoms with E-state index >= 15 is 0 Å². The van der Waals surface area contributed by atoms with Gasteiger partial charge in [-0.3, -0.25) is 0 Å². The lowest BCUT2D eigenvalue weighted by Gasteiger charge is -2.26. The molecule has 0 fully saturated rings. The Morgan fingerprint density at radius 2 is 1.92 bits per heavy atom. The predicted octanol–water partition coefficient (Wildman–Crippen LogP) is 2.48. The summed E-state index contributed by atoms with van der Waals surface area (Å²) in [7, 11) is 1.27. The highest BCUT2D eigenvalue weighted by Gasteiger charge is 2.06. The van der Waals surface area contributed by atoms with Crippen molar-refractivity contribution in [2.75, 3.05) is 25.8 Å². The molecule has 0 aromatic heterocycles. The highest BCUT2D eigenvalue weighted by Crippen LogP contribution is 2.45. The van der Waals surface area contributed by atoms with E-state index < -0.39 is 10.0 Å². The number of nitrogens with one attached hydrogen (secondary N) is 1. The van der Waals surface area contributed by atoms with Crippen molar-refractivity contribution in [3.8, 4) is 0 Å². The van der Waals surface area contributed by atoms with Crippen molar-refractivity contribution in [3.63, 3.8) is 0 Å². The van der Waals surface area contributed by atoms with E-state index in [0.29, 0.717) is 0 Å². The van der Waals surface area contributed by atoms with Crippen LogP contribution in [0.5, 0.6) is 0 Å². The normalized spacial score (nSPS) is 14.8. The van der Waals surface area contributed by atoms with Gasteiger partial charge in [-0.05, 0) is 35.9 Å². The number of hydrogen-bond donors (Lipinski definition) is 1. The number of rotatable bonds is 4. The van der Waals surface area contributed by atoms with Gasteiger partial charge in [0.15, 0.2) is 0 Å². The van der Waals surface area contributed by atoms with Crippen LogP contribution in [-0.2, 0) is 0 Å². The summed E-state index contributed by atoms with van der Waals surface area (Å²) in [6, 6.07) is 0. The van der Waals surface area contributed by atoms with Gasteiger partial charge >= 0.3 is 0 Å². The summed E-state index contributed by atoms with van der Waals surface area (Å²) in [5.41, 5.74) is 0. The topological polar surface area (TPSA) is 12.0 Å². The Balaban J connectivity index is 4.57.